The van der Waals surface area contributed by atoms with Gasteiger partial charge in [-0.25, -0.2) is 4.68 Å². The largest absolute Gasteiger partial charge is 0.351 e. The number of nitrogens with zero attached hydrogens (tertiary/aromatic N) is 3. The highest BCUT2D eigenvalue weighted by atomic mass is 35.5. The minimum atomic E-state index is -0.731. The van der Waals surface area contributed by atoms with Gasteiger partial charge in [-0.1, -0.05) is 77.3 Å². The first-order valence-corrected chi connectivity index (χ1v) is 15.0. The predicted molar refractivity (Wildman–Crippen MR) is 170 cm³/mol. The number of aromatic nitrogens is 2. The maximum absolute atomic E-state index is 14.1. The second-order valence-corrected chi connectivity index (χ2v) is 13.1. The van der Waals surface area contributed by atoms with Gasteiger partial charge in [0.1, 0.15) is 0 Å². The molecule has 0 radical (unpaired) electrons. The fourth-order valence-electron chi connectivity index (χ4n) is 5.58. The number of hydrogen-bond acceptors (Lipinski definition) is 3. The molecule has 42 heavy (non-hydrogen) atoms. The number of carbonyl (C=O) groups excluding carboxylic acids is 2. The van der Waals surface area contributed by atoms with Crippen LogP contribution in [0.5, 0.6) is 0 Å². The van der Waals surface area contributed by atoms with E-state index in [1.807, 2.05) is 70.2 Å². The summed E-state index contributed by atoms with van der Waals surface area (Å²) in [6, 6.07) is 22.4. The number of benzene rings is 3. The number of carbonyl (C=O) groups is 2. The Hall–Kier alpha value is -3.32. The van der Waals surface area contributed by atoms with Crippen LogP contribution < -0.4 is 5.32 Å². The SMILES string of the molecule is Cc1c(C(=O)N2CCC(C(=O)NC(C)(C)C)(c3ccccc3)CC2)nn(-c2ccc(Cl)cc2Cl)c1-c1ccc(Cl)cc1. The molecule has 0 spiro atoms. The minimum Gasteiger partial charge on any atom is -0.351 e. The number of halogens is 3. The maximum atomic E-state index is 14.1. The monoisotopic (exact) mass is 622 g/mol. The Morgan fingerprint density at radius 2 is 1.50 bits per heavy atom. The van der Waals surface area contributed by atoms with Crippen LogP contribution in [0.3, 0.4) is 0 Å². The van der Waals surface area contributed by atoms with Crippen LogP contribution in [0.1, 0.15) is 55.2 Å². The summed E-state index contributed by atoms with van der Waals surface area (Å²) in [5.74, 6) is -0.208. The molecule has 1 aliphatic heterocycles. The van der Waals surface area contributed by atoms with Crippen LogP contribution in [0.4, 0.5) is 0 Å². The van der Waals surface area contributed by atoms with Crippen LogP contribution >= 0.6 is 34.8 Å². The maximum Gasteiger partial charge on any atom is 0.274 e. The molecular formula is C33H33Cl3N4O2. The number of nitrogens with one attached hydrogen (secondary N) is 1. The average Bonchev–Trinajstić information content (AvgIpc) is 3.29. The molecule has 2 heterocycles. The lowest BCUT2D eigenvalue weighted by Gasteiger charge is -2.42. The fraction of sp³-hybridized carbons (Fsp3) is 0.303. The van der Waals surface area contributed by atoms with E-state index in [9.17, 15) is 9.59 Å². The third-order valence-corrected chi connectivity index (χ3v) is 8.52. The highest BCUT2D eigenvalue weighted by molar-refractivity contribution is 6.35. The van der Waals surface area contributed by atoms with E-state index in [2.05, 4.69) is 5.32 Å². The first-order chi connectivity index (χ1) is 19.9. The van der Waals surface area contributed by atoms with Crippen LogP contribution in [0, 0.1) is 6.92 Å². The van der Waals surface area contributed by atoms with Crippen molar-refractivity contribution in [2.45, 2.75) is 51.5 Å². The van der Waals surface area contributed by atoms with E-state index in [-0.39, 0.29) is 17.4 Å². The van der Waals surface area contributed by atoms with Crippen LogP contribution in [-0.4, -0.2) is 45.1 Å². The highest BCUT2D eigenvalue weighted by Crippen LogP contribution is 2.38. The van der Waals surface area contributed by atoms with Gasteiger partial charge in [0.15, 0.2) is 5.69 Å². The summed E-state index contributed by atoms with van der Waals surface area (Å²) in [6.07, 6.45) is 0.995. The quantitative estimate of drug-likeness (QED) is 0.246. The first kappa shape index (κ1) is 30.1. The normalized spacial score (nSPS) is 15.0. The van der Waals surface area contributed by atoms with Gasteiger partial charge in [0.05, 0.1) is 21.8 Å². The molecule has 6 nitrogen and oxygen atoms in total. The van der Waals surface area contributed by atoms with Crippen LogP contribution in [-0.2, 0) is 10.2 Å². The molecular weight excluding hydrogens is 591 g/mol. The van der Waals surface area contributed by atoms with Gasteiger partial charge in [-0.3, -0.25) is 9.59 Å². The number of piperidine rings is 1. The molecule has 1 saturated heterocycles. The summed E-state index contributed by atoms with van der Waals surface area (Å²) < 4.78 is 1.69. The first-order valence-electron chi connectivity index (χ1n) is 13.9. The highest BCUT2D eigenvalue weighted by Gasteiger charge is 2.45. The van der Waals surface area contributed by atoms with Gasteiger partial charge in [0, 0.05) is 39.8 Å². The van der Waals surface area contributed by atoms with Crippen molar-refractivity contribution in [3.05, 3.63) is 105 Å². The molecule has 3 aromatic carbocycles. The predicted octanol–water partition coefficient (Wildman–Crippen LogP) is 7.90. The zero-order chi connectivity index (χ0) is 30.2. The van der Waals surface area contributed by atoms with Crippen molar-refractivity contribution in [2.75, 3.05) is 13.1 Å². The number of hydrogen-bond donors (Lipinski definition) is 1. The Morgan fingerprint density at radius 3 is 2.10 bits per heavy atom. The van der Waals surface area contributed by atoms with E-state index in [4.69, 9.17) is 39.9 Å². The molecule has 1 fully saturated rings. The van der Waals surface area contributed by atoms with Gasteiger partial charge in [0.2, 0.25) is 5.91 Å². The van der Waals surface area contributed by atoms with Crippen LogP contribution in [0.15, 0.2) is 72.8 Å². The van der Waals surface area contributed by atoms with Gasteiger partial charge >= 0.3 is 0 Å². The lowest BCUT2D eigenvalue weighted by Crippen LogP contribution is -2.56. The summed E-state index contributed by atoms with van der Waals surface area (Å²) in [5, 5.41) is 9.51. The molecule has 2 amide bonds. The molecule has 0 atom stereocenters. The van der Waals surface area contributed by atoms with Crippen molar-refractivity contribution < 1.29 is 9.59 Å². The van der Waals surface area contributed by atoms with Crippen molar-refractivity contribution in [1.82, 2.24) is 20.0 Å². The van der Waals surface area contributed by atoms with Crippen molar-refractivity contribution in [3.63, 3.8) is 0 Å². The van der Waals surface area contributed by atoms with Crippen molar-refractivity contribution in [3.8, 4) is 16.9 Å². The zero-order valence-electron chi connectivity index (χ0n) is 24.0. The average molecular weight is 624 g/mol. The van der Waals surface area contributed by atoms with Crippen LogP contribution in [0.25, 0.3) is 16.9 Å². The molecule has 0 unspecified atom stereocenters. The van der Waals surface area contributed by atoms with Gasteiger partial charge in [-0.05, 0) is 76.4 Å². The van der Waals surface area contributed by atoms with Gasteiger partial charge < -0.3 is 10.2 Å². The molecule has 0 saturated carbocycles. The van der Waals surface area contributed by atoms with Gasteiger partial charge in [-0.15, -0.1) is 0 Å². The Bertz CT molecular complexity index is 1620. The Labute approximate surface area is 261 Å². The van der Waals surface area contributed by atoms with E-state index in [0.29, 0.717) is 52.4 Å². The summed E-state index contributed by atoms with van der Waals surface area (Å²) in [4.78, 5) is 29.6. The van der Waals surface area contributed by atoms with Gasteiger partial charge in [-0.2, -0.15) is 5.10 Å². The smallest absolute Gasteiger partial charge is 0.274 e. The molecule has 5 rings (SSSR count). The van der Waals surface area contributed by atoms with Crippen molar-refractivity contribution >= 4 is 46.6 Å². The molecule has 0 bridgehead atoms. The Kier molecular flexibility index (Phi) is 8.44. The lowest BCUT2D eigenvalue weighted by atomic mass is 9.71. The van der Waals surface area contributed by atoms with E-state index in [1.54, 1.807) is 39.9 Å². The second-order valence-electron chi connectivity index (χ2n) is 11.8. The molecule has 1 aliphatic rings. The summed E-state index contributed by atoms with van der Waals surface area (Å²) >= 11 is 19.0. The number of amides is 2. The Morgan fingerprint density at radius 1 is 0.881 bits per heavy atom. The number of rotatable bonds is 5. The topological polar surface area (TPSA) is 67.2 Å². The van der Waals surface area contributed by atoms with Crippen LogP contribution in [0.2, 0.25) is 15.1 Å². The standard InChI is InChI=1S/C33H33Cl3N4O2/c1-21-28(38-40(27-15-14-25(35)20-26(27)36)29(21)22-10-12-24(34)13-11-22)30(41)39-18-16-33(17-19-39,23-8-6-5-7-9-23)31(42)37-32(2,3)4/h5-15,20H,16-19H2,1-4H3,(H,37,42). The zero-order valence-corrected chi connectivity index (χ0v) is 26.3. The molecule has 0 aliphatic carbocycles. The van der Waals surface area contributed by atoms with Gasteiger partial charge in [0.25, 0.3) is 5.91 Å². The van der Waals surface area contributed by atoms with E-state index < -0.39 is 5.41 Å². The van der Waals surface area contributed by atoms with E-state index in [0.717, 1.165) is 22.4 Å². The Balaban J connectivity index is 1.50. The van der Waals surface area contributed by atoms with E-state index >= 15 is 0 Å². The summed E-state index contributed by atoms with van der Waals surface area (Å²) in [7, 11) is 0. The summed E-state index contributed by atoms with van der Waals surface area (Å²) in [5.41, 5.74) is 3.09. The summed E-state index contributed by atoms with van der Waals surface area (Å²) in [6.45, 7) is 8.65. The molecule has 218 valence electrons. The number of likely N-dealkylation sites (tertiary alicyclic amines) is 1. The third kappa shape index (κ3) is 5.94. The molecule has 1 aromatic heterocycles. The minimum absolute atomic E-state index is 0.0174. The fourth-order valence-corrected chi connectivity index (χ4v) is 6.19. The van der Waals surface area contributed by atoms with Crippen molar-refractivity contribution in [1.29, 1.82) is 0 Å². The molecule has 4 aromatic rings. The van der Waals surface area contributed by atoms with Crippen molar-refractivity contribution in [2.24, 2.45) is 0 Å². The second kappa shape index (κ2) is 11.8. The lowest BCUT2D eigenvalue weighted by molar-refractivity contribution is -0.130. The molecule has 1 N–H and O–H groups in total. The van der Waals surface area contributed by atoms with E-state index in [1.165, 1.54) is 0 Å². The molecule has 9 heteroatoms. The third-order valence-electron chi connectivity index (χ3n) is 7.73.